The van der Waals surface area contributed by atoms with Gasteiger partial charge in [-0.3, -0.25) is 4.79 Å². The number of rotatable bonds is 0. The van der Waals surface area contributed by atoms with Crippen molar-refractivity contribution in [2.75, 3.05) is 0 Å². The summed E-state index contributed by atoms with van der Waals surface area (Å²) in [4.78, 5) is 14.4. The summed E-state index contributed by atoms with van der Waals surface area (Å²) in [6, 6.07) is 0. The molecule has 0 heterocycles. The molecular weight excluding hydrogens is 160 g/mol. The van der Waals surface area contributed by atoms with Crippen LogP contribution < -0.4 is 5.73 Å². The summed E-state index contributed by atoms with van der Waals surface area (Å²) in [6.07, 6.45) is 5.97. The minimum Gasteiger partial charge on any atom is -0.374 e. The van der Waals surface area contributed by atoms with Gasteiger partial charge in [0.2, 0.25) is 0 Å². The highest BCUT2D eigenvalue weighted by Crippen LogP contribution is 1.95. The van der Waals surface area contributed by atoms with E-state index >= 15 is 0 Å². The van der Waals surface area contributed by atoms with E-state index in [9.17, 15) is 4.79 Å². The quantitative estimate of drug-likeness (QED) is 0.417. The van der Waals surface area contributed by atoms with Crippen LogP contribution in [-0.4, -0.2) is 16.6 Å². The lowest BCUT2D eigenvalue weighted by Gasteiger charge is -1.96. The van der Waals surface area contributed by atoms with Gasteiger partial charge in [-0.05, 0) is 36.5 Å². The second-order valence-electron chi connectivity index (χ2n) is 1.94. The zero-order valence-corrected chi connectivity index (χ0v) is 6.47. The lowest BCUT2D eigenvalue weighted by Crippen LogP contribution is -2.08. The Labute approximate surface area is 69.3 Å². The van der Waals surface area contributed by atoms with Crippen molar-refractivity contribution in [3.63, 3.8) is 0 Å². The van der Waals surface area contributed by atoms with Crippen molar-refractivity contribution in [2.45, 2.75) is 0 Å². The first-order chi connectivity index (χ1) is 5.18. The fourth-order valence-corrected chi connectivity index (χ4v) is 0.753. The largest absolute Gasteiger partial charge is 0.374 e. The number of nitrogens with two attached hydrogens (primary N) is 1. The molecule has 0 aliphatic heterocycles. The fraction of sp³-hybridized carbons (Fsp3) is 0. The lowest BCUT2D eigenvalue weighted by molar-refractivity contribution is -0.110. The first-order valence-electron chi connectivity index (χ1n) is 2.97. The number of nitrogens with zero attached hydrogens (tertiary/aromatic N) is 1. The van der Waals surface area contributed by atoms with Crippen LogP contribution in [0.1, 0.15) is 0 Å². The third-order valence-corrected chi connectivity index (χ3v) is 1.17. The summed E-state index contributed by atoms with van der Waals surface area (Å²) in [7, 11) is 0. The summed E-state index contributed by atoms with van der Waals surface area (Å²) in [5, 5.41) is 0.0728. The standard InChI is InChI=1S/C7H6N2OS/c8-7(11)9-5-1-3-6(10)4-2-5/h1-4H,(H2,8,11). The predicted molar refractivity (Wildman–Crippen MR) is 47.5 cm³/mol. The van der Waals surface area contributed by atoms with Gasteiger partial charge in [0.15, 0.2) is 10.9 Å². The maximum absolute atomic E-state index is 10.6. The highest BCUT2D eigenvalue weighted by atomic mass is 32.1. The minimum absolute atomic E-state index is 0.0492. The molecule has 0 radical (unpaired) electrons. The highest BCUT2D eigenvalue weighted by Gasteiger charge is 1.98. The van der Waals surface area contributed by atoms with Gasteiger partial charge in [0.05, 0.1) is 5.71 Å². The number of allylic oxidation sites excluding steroid dienone is 4. The zero-order valence-electron chi connectivity index (χ0n) is 5.65. The predicted octanol–water partition coefficient (Wildman–Crippen LogP) is 0.366. The van der Waals surface area contributed by atoms with E-state index < -0.39 is 0 Å². The summed E-state index contributed by atoms with van der Waals surface area (Å²) in [6.45, 7) is 0. The Morgan fingerprint density at radius 3 is 2.36 bits per heavy atom. The van der Waals surface area contributed by atoms with Crippen molar-refractivity contribution in [1.29, 1.82) is 0 Å². The molecule has 0 bridgehead atoms. The molecule has 1 aliphatic rings. The third-order valence-electron chi connectivity index (χ3n) is 1.08. The smallest absolute Gasteiger partial charge is 0.190 e. The van der Waals surface area contributed by atoms with Gasteiger partial charge < -0.3 is 5.73 Å². The van der Waals surface area contributed by atoms with Crippen LogP contribution in [0.25, 0.3) is 0 Å². The number of thiocarbonyl (C=S) groups is 1. The molecule has 2 N–H and O–H groups in total. The molecule has 0 saturated carbocycles. The van der Waals surface area contributed by atoms with Crippen molar-refractivity contribution in [2.24, 2.45) is 10.7 Å². The molecule has 0 fully saturated rings. The molecule has 1 rings (SSSR count). The summed E-state index contributed by atoms with van der Waals surface area (Å²) in [5.41, 5.74) is 5.76. The Morgan fingerprint density at radius 2 is 1.91 bits per heavy atom. The van der Waals surface area contributed by atoms with Gasteiger partial charge in [-0.25, -0.2) is 4.99 Å². The van der Waals surface area contributed by atoms with Gasteiger partial charge in [0.25, 0.3) is 0 Å². The van der Waals surface area contributed by atoms with Gasteiger partial charge in [-0.15, -0.1) is 0 Å². The van der Waals surface area contributed by atoms with Crippen molar-refractivity contribution < 1.29 is 4.79 Å². The summed E-state index contributed by atoms with van der Waals surface area (Å²) >= 11 is 4.54. The SMILES string of the molecule is NC(=S)N=C1C=CC(=O)C=C1. The number of aliphatic imine (C=N–C) groups is 1. The van der Waals surface area contributed by atoms with Crippen LogP contribution in [0.5, 0.6) is 0 Å². The van der Waals surface area contributed by atoms with Crippen molar-refractivity contribution in [3.8, 4) is 0 Å². The van der Waals surface area contributed by atoms with E-state index in [-0.39, 0.29) is 10.9 Å². The molecule has 56 valence electrons. The lowest BCUT2D eigenvalue weighted by atomic mass is 10.2. The maximum Gasteiger partial charge on any atom is 0.190 e. The molecular formula is C7H6N2OS. The van der Waals surface area contributed by atoms with Gasteiger partial charge in [0, 0.05) is 0 Å². The number of ketones is 1. The second kappa shape index (κ2) is 3.21. The maximum atomic E-state index is 10.6. The van der Waals surface area contributed by atoms with Crippen LogP contribution in [0.3, 0.4) is 0 Å². The van der Waals surface area contributed by atoms with Gasteiger partial charge in [0.1, 0.15) is 0 Å². The Bertz CT molecular complexity index is 271. The van der Waals surface area contributed by atoms with Crippen molar-refractivity contribution in [1.82, 2.24) is 0 Å². The van der Waals surface area contributed by atoms with E-state index in [1.54, 1.807) is 12.2 Å². The first kappa shape index (κ1) is 7.81. The van der Waals surface area contributed by atoms with Crippen LogP contribution in [0.15, 0.2) is 29.3 Å². The van der Waals surface area contributed by atoms with E-state index in [1.165, 1.54) is 12.2 Å². The first-order valence-corrected chi connectivity index (χ1v) is 3.37. The van der Waals surface area contributed by atoms with E-state index in [0.29, 0.717) is 5.71 Å². The van der Waals surface area contributed by atoms with Crippen LogP contribution in [0.2, 0.25) is 0 Å². The van der Waals surface area contributed by atoms with E-state index in [2.05, 4.69) is 17.2 Å². The highest BCUT2D eigenvalue weighted by molar-refractivity contribution is 7.80. The molecule has 0 aromatic rings. The second-order valence-corrected chi connectivity index (χ2v) is 2.36. The average Bonchev–Trinajstić information content (AvgIpc) is 1.93. The van der Waals surface area contributed by atoms with Crippen LogP contribution >= 0.6 is 12.2 Å². The number of carbonyl (C=O) groups excluding carboxylic acids is 1. The van der Waals surface area contributed by atoms with E-state index in [4.69, 9.17) is 5.73 Å². The van der Waals surface area contributed by atoms with Gasteiger partial charge in [-0.2, -0.15) is 0 Å². The molecule has 4 heteroatoms. The van der Waals surface area contributed by atoms with Gasteiger partial charge in [-0.1, -0.05) is 0 Å². The molecule has 0 amide bonds. The molecule has 0 spiro atoms. The molecule has 1 aliphatic carbocycles. The van der Waals surface area contributed by atoms with E-state index in [1.807, 2.05) is 0 Å². The third kappa shape index (κ3) is 2.43. The van der Waals surface area contributed by atoms with Crippen LogP contribution in [0.4, 0.5) is 0 Å². The monoisotopic (exact) mass is 166 g/mol. The number of carbonyl (C=O) groups is 1. The summed E-state index contributed by atoms with van der Waals surface area (Å²) in [5.74, 6) is -0.0492. The Hall–Kier alpha value is -1.29. The average molecular weight is 166 g/mol. The molecule has 0 aromatic carbocycles. The molecule has 0 saturated heterocycles. The van der Waals surface area contributed by atoms with E-state index in [0.717, 1.165) is 0 Å². The topological polar surface area (TPSA) is 55.4 Å². The fourth-order valence-electron chi connectivity index (χ4n) is 0.648. The Kier molecular flexibility index (Phi) is 2.28. The van der Waals surface area contributed by atoms with Gasteiger partial charge >= 0.3 is 0 Å². The number of hydrogen-bond acceptors (Lipinski definition) is 2. The molecule has 0 unspecified atom stereocenters. The van der Waals surface area contributed by atoms with Crippen LogP contribution in [-0.2, 0) is 4.79 Å². The molecule has 11 heavy (non-hydrogen) atoms. The number of hydrogen-bond donors (Lipinski definition) is 1. The molecule has 3 nitrogen and oxygen atoms in total. The Balaban J connectivity index is 2.80. The zero-order chi connectivity index (χ0) is 8.27. The van der Waals surface area contributed by atoms with Crippen molar-refractivity contribution in [3.05, 3.63) is 24.3 Å². The van der Waals surface area contributed by atoms with Crippen molar-refractivity contribution >= 4 is 28.8 Å². The minimum atomic E-state index is -0.0492. The normalized spacial score (nSPS) is 15.3. The molecule has 0 atom stereocenters. The molecule has 0 aromatic heterocycles. The Morgan fingerprint density at radius 1 is 1.36 bits per heavy atom. The summed E-state index contributed by atoms with van der Waals surface area (Å²) < 4.78 is 0. The van der Waals surface area contributed by atoms with Crippen LogP contribution in [0, 0.1) is 0 Å².